The summed E-state index contributed by atoms with van der Waals surface area (Å²) in [6, 6.07) is 1.62. The third-order valence-electron chi connectivity index (χ3n) is 2.49. The minimum Gasteiger partial charge on any atom is -0.398 e. The van der Waals surface area contributed by atoms with Crippen molar-refractivity contribution in [1.82, 2.24) is 4.57 Å². The third-order valence-corrected chi connectivity index (χ3v) is 3.06. The number of rotatable bonds is 2. The van der Waals surface area contributed by atoms with Crippen LogP contribution in [0.5, 0.6) is 0 Å². The first-order chi connectivity index (χ1) is 7.16. The van der Waals surface area contributed by atoms with E-state index in [0.717, 1.165) is 19.4 Å². The molecule has 0 radical (unpaired) electrons. The molecule has 1 saturated heterocycles. The van der Waals surface area contributed by atoms with Crippen molar-refractivity contribution in [3.05, 3.63) is 27.1 Å². The zero-order valence-corrected chi connectivity index (χ0v) is 9.87. The summed E-state index contributed by atoms with van der Waals surface area (Å²) in [5.41, 5.74) is 6.20. The Kier molecular flexibility index (Phi) is 3.11. The first-order valence-corrected chi connectivity index (χ1v) is 5.73. The zero-order chi connectivity index (χ0) is 10.8. The highest BCUT2D eigenvalue weighted by molar-refractivity contribution is 9.10. The number of anilines is 1. The lowest BCUT2D eigenvalue weighted by molar-refractivity contribution is 0.0961. The molecule has 4 nitrogen and oxygen atoms in total. The monoisotopic (exact) mass is 272 g/mol. The highest BCUT2D eigenvalue weighted by Gasteiger charge is 2.17. The van der Waals surface area contributed by atoms with E-state index in [9.17, 15) is 4.79 Å². The number of nitrogens with two attached hydrogens (primary N) is 1. The lowest BCUT2D eigenvalue weighted by atomic mass is 10.2. The number of nitrogens with zero attached hydrogens (tertiary/aromatic N) is 1. The average Bonchev–Trinajstić information content (AvgIpc) is 2.66. The van der Waals surface area contributed by atoms with Crippen LogP contribution >= 0.6 is 15.9 Å². The van der Waals surface area contributed by atoms with Crippen LogP contribution in [0, 0.1) is 0 Å². The largest absolute Gasteiger partial charge is 0.398 e. The maximum Gasteiger partial charge on any atom is 0.265 e. The summed E-state index contributed by atoms with van der Waals surface area (Å²) in [5.74, 6) is 0. The number of halogens is 1. The van der Waals surface area contributed by atoms with Crippen molar-refractivity contribution in [3.8, 4) is 0 Å². The first-order valence-electron chi connectivity index (χ1n) is 4.94. The molecule has 2 rings (SSSR count). The molecule has 1 aliphatic rings. The van der Waals surface area contributed by atoms with Crippen molar-refractivity contribution in [2.45, 2.75) is 25.5 Å². The van der Waals surface area contributed by atoms with E-state index in [2.05, 4.69) is 15.9 Å². The predicted molar refractivity (Wildman–Crippen MR) is 61.8 cm³/mol. The Labute approximate surface area is 96.2 Å². The molecule has 0 aromatic carbocycles. The second-order valence-corrected chi connectivity index (χ2v) is 4.57. The van der Waals surface area contributed by atoms with Gasteiger partial charge in [-0.25, -0.2) is 0 Å². The van der Waals surface area contributed by atoms with E-state index in [-0.39, 0.29) is 11.7 Å². The van der Waals surface area contributed by atoms with Crippen LogP contribution in [0.4, 0.5) is 5.69 Å². The van der Waals surface area contributed by atoms with Gasteiger partial charge in [0.2, 0.25) is 0 Å². The number of ether oxygens (including phenoxy) is 1. The molecule has 5 heteroatoms. The quantitative estimate of drug-likeness (QED) is 0.885. The number of aromatic nitrogens is 1. The summed E-state index contributed by atoms with van der Waals surface area (Å²) in [5, 5.41) is 0. The second-order valence-electron chi connectivity index (χ2n) is 3.71. The molecule has 0 spiro atoms. The number of nitrogen functional groups attached to an aromatic ring is 1. The lowest BCUT2D eigenvalue weighted by Gasteiger charge is -2.12. The van der Waals surface area contributed by atoms with E-state index in [1.165, 1.54) is 0 Å². The van der Waals surface area contributed by atoms with Crippen molar-refractivity contribution >= 4 is 21.6 Å². The molecular weight excluding hydrogens is 260 g/mol. The van der Waals surface area contributed by atoms with Gasteiger partial charge < -0.3 is 15.0 Å². The summed E-state index contributed by atoms with van der Waals surface area (Å²) >= 11 is 3.19. The first kappa shape index (κ1) is 10.7. The van der Waals surface area contributed by atoms with Crippen LogP contribution in [0.1, 0.15) is 12.8 Å². The van der Waals surface area contributed by atoms with Crippen molar-refractivity contribution in [3.63, 3.8) is 0 Å². The van der Waals surface area contributed by atoms with Gasteiger partial charge in [-0.3, -0.25) is 4.79 Å². The van der Waals surface area contributed by atoms with E-state index < -0.39 is 0 Å². The van der Waals surface area contributed by atoms with Gasteiger partial charge in [0.05, 0.1) is 17.1 Å². The van der Waals surface area contributed by atoms with Crippen molar-refractivity contribution in [1.29, 1.82) is 0 Å². The Morgan fingerprint density at radius 2 is 2.47 bits per heavy atom. The van der Waals surface area contributed by atoms with Crippen LogP contribution in [0.25, 0.3) is 0 Å². The number of hydrogen-bond donors (Lipinski definition) is 1. The van der Waals surface area contributed by atoms with E-state index in [0.29, 0.717) is 16.7 Å². The molecule has 82 valence electrons. The number of hydrogen-bond acceptors (Lipinski definition) is 3. The van der Waals surface area contributed by atoms with Gasteiger partial charge in [0.15, 0.2) is 0 Å². The van der Waals surface area contributed by atoms with Crippen molar-refractivity contribution < 1.29 is 4.74 Å². The molecule has 0 bridgehead atoms. The maximum atomic E-state index is 11.7. The second kappa shape index (κ2) is 4.37. The molecular formula is C10H13BrN2O2. The van der Waals surface area contributed by atoms with E-state index in [4.69, 9.17) is 10.5 Å². The van der Waals surface area contributed by atoms with Crippen LogP contribution in [0.15, 0.2) is 21.5 Å². The van der Waals surface area contributed by atoms with Gasteiger partial charge in [-0.2, -0.15) is 0 Å². The van der Waals surface area contributed by atoms with Gasteiger partial charge in [-0.15, -0.1) is 0 Å². The van der Waals surface area contributed by atoms with E-state index >= 15 is 0 Å². The smallest absolute Gasteiger partial charge is 0.265 e. The molecule has 2 heterocycles. The third kappa shape index (κ3) is 2.41. The fourth-order valence-electron chi connectivity index (χ4n) is 1.76. The summed E-state index contributed by atoms with van der Waals surface area (Å²) in [6.45, 7) is 1.38. The molecule has 1 aliphatic heterocycles. The molecule has 1 aromatic heterocycles. The summed E-state index contributed by atoms with van der Waals surface area (Å²) in [6.07, 6.45) is 3.90. The van der Waals surface area contributed by atoms with Crippen molar-refractivity contribution in [2.75, 3.05) is 12.3 Å². The highest BCUT2D eigenvalue weighted by Crippen LogP contribution is 2.15. The van der Waals surface area contributed by atoms with Crippen molar-refractivity contribution in [2.24, 2.45) is 0 Å². The Balaban J connectivity index is 2.23. The van der Waals surface area contributed by atoms with Gasteiger partial charge in [-0.1, -0.05) is 0 Å². The minimum atomic E-state index is -0.0558. The summed E-state index contributed by atoms with van der Waals surface area (Å²) in [4.78, 5) is 11.7. The summed E-state index contributed by atoms with van der Waals surface area (Å²) in [7, 11) is 0. The Bertz CT molecular complexity index is 410. The van der Waals surface area contributed by atoms with Gasteiger partial charge in [0.25, 0.3) is 5.56 Å². The molecule has 0 amide bonds. The molecule has 0 unspecified atom stereocenters. The van der Waals surface area contributed by atoms with Crippen LogP contribution in [-0.4, -0.2) is 17.3 Å². The molecule has 1 fully saturated rings. The maximum absolute atomic E-state index is 11.7. The molecule has 1 aromatic rings. The van der Waals surface area contributed by atoms with Crippen LogP contribution in [0.3, 0.4) is 0 Å². The zero-order valence-electron chi connectivity index (χ0n) is 8.28. The molecule has 0 aliphatic carbocycles. The van der Waals surface area contributed by atoms with Gasteiger partial charge >= 0.3 is 0 Å². The van der Waals surface area contributed by atoms with Crippen LogP contribution < -0.4 is 11.3 Å². The Hall–Kier alpha value is -0.810. The minimum absolute atomic E-state index is 0.0558. The molecule has 2 N–H and O–H groups in total. The molecule has 15 heavy (non-hydrogen) atoms. The Morgan fingerprint density at radius 3 is 3.13 bits per heavy atom. The Morgan fingerprint density at radius 1 is 1.67 bits per heavy atom. The SMILES string of the molecule is Nc1cc(Br)c(=O)n(C[C@H]2CCCO2)c1. The predicted octanol–water partition coefficient (Wildman–Crippen LogP) is 1.37. The highest BCUT2D eigenvalue weighted by atomic mass is 79.9. The van der Waals surface area contributed by atoms with Gasteiger partial charge in [-0.05, 0) is 34.8 Å². The van der Waals surface area contributed by atoms with Crippen LogP contribution in [-0.2, 0) is 11.3 Å². The number of pyridine rings is 1. The average molecular weight is 273 g/mol. The fourth-order valence-corrected chi connectivity index (χ4v) is 2.26. The molecule has 0 saturated carbocycles. The van der Waals surface area contributed by atoms with Gasteiger partial charge in [0, 0.05) is 18.5 Å². The molecule has 1 atom stereocenters. The van der Waals surface area contributed by atoms with E-state index in [1.807, 2.05) is 0 Å². The fraction of sp³-hybridized carbons (Fsp3) is 0.500. The summed E-state index contributed by atoms with van der Waals surface area (Å²) < 4.78 is 7.58. The van der Waals surface area contributed by atoms with Crippen LogP contribution in [0.2, 0.25) is 0 Å². The lowest BCUT2D eigenvalue weighted by Crippen LogP contribution is -2.26. The van der Waals surface area contributed by atoms with E-state index in [1.54, 1.807) is 16.8 Å². The van der Waals surface area contributed by atoms with Gasteiger partial charge in [0.1, 0.15) is 0 Å². The standard InChI is InChI=1S/C10H13BrN2O2/c11-9-4-7(12)5-13(10(9)14)6-8-2-1-3-15-8/h4-5,8H,1-3,6,12H2/t8-/m1/s1. The normalized spacial score (nSPS) is 20.7. The topological polar surface area (TPSA) is 57.2 Å².